The van der Waals surface area contributed by atoms with Crippen LogP contribution in [-0.4, -0.2) is 38.5 Å². The van der Waals surface area contributed by atoms with Gasteiger partial charge in [0.05, 0.1) is 11.5 Å². The highest BCUT2D eigenvalue weighted by Gasteiger charge is 2.22. The highest BCUT2D eigenvalue weighted by molar-refractivity contribution is 7.98. The molecule has 0 saturated heterocycles. The van der Waals surface area contributed by atoms with Gasteiger partial charge in [-0.15, -0.1) is 11.8 Å². The number of amides is 1. The van der Waals surface area contributed by atoms with Gasteiger partial charge in [0.15, 0.2) is 0 Å². The molecule has 0 saturated carbocycles. The molecule has 0 aliphatic carbocycles. The number of benzene rings is 3. The predicted octanol–water partition coefficient (Wildman–Crippen LogP) is 4.88. The summed E-state index contributed by atoms with van der Waals surface area (Å²) in [6.07, 6.45) is 1.97. The maximum atomic E-state index is 12.9. The molecule has 6 nitrogen and oxygen atoms in total. The van der Waals surface area contributed by atoms with Crippen LogP contribution in [0.1, 0.15) is 22.8 Å². The zero-order chi connectivity index (χ0) is 23.1. The van der Waals surface area contributed by atoms with Gasteiger partial charge in [0.1, 0.15) is 5.75 Å². The molecule has 3 aromatic carbocycles. The molecule has 0 unspecified atom stereocenters. The quantitative estimate of drug-likeness (QED) is 0.451. The highest BCUT2D eigenvalue weighted by Crippen LogP contribution is 2.26. The van der Waals surface area contributed by atoms with Gasteiger partial charge in [-0.3, -0.25) is 4.79 Å². The lowest BCUT2D eigenvalue weighted by molar-refractivity contribution is 0.102. The van der Waals surface area contributed by atoms with Crippen LogP contribution in [0.3, 0.4) is 0 Å². The van der Waals surface area contributed by atoms with Crippen LogP contribution in [0.25, 0.3) is 0 Å². The molecule has 8 heteroatoms. The van der Waals surface area contributed by atoms with Crippen molar-refractivity contribution in [3.63, 3.8) is 0 Å². The monoisotopic (exact) mass is 470 g/mol. The topological polar surface area (TPSA) is 75.7 Å². The Bertz CT molecular complexity index is 1180. The third-order valence-corrected chi connectivity index (χ3v) is 7.34. The van der Waals surface area contributed by atoms with Crippen LogP contribution in [0.4, 0.5) is 5.69 Å². The minimum absolute atomic E-state index is 0.0651. The van der Waals surface area contributed by atoms with Crippen LogP contribution < -0.4 is 10.1 Å². The van der Waals surface area contributed by atoms with E-state index in [1.807, 2.05) is 37.4 Å². The van der Waals surface area contributed by atoms with Gasteiger partial charge in [-0.2, -0.15) is 4.31 Å². The number of rotatable bonds is 9. The van der Waals surface area contributed by atoms with E-state index in [4.69, 9.17) is 4.74 Å². The van der Waals surface area contributed by atoms with Crippen molar-refractivity contribution >= 4 is 33.4 Å². The van der Waals surface area contributed by atoms with Gasteiger partial charge in [0.2, 0.25) is 10.0 Å². The van der Waals surface area contributed by atoms with Crippen molar-refractivity contribution < 1.29 is 17.9 Å². The van der Waals surface area contributed by atoms with Crippen LogP contribution in [0, 0.1) is 0 Å². The van der Waals surface area contributed by atoms with Crippen molar-refractivity contribution in [2.45, 2.75) is 23.3 Å². The second kappa shape index (κ2) is 10.7. The van der Waals surface area contributed by atoms with Gasteiger partial charge in [-0.1, -0.05) is 24.3 Å². The summed E-state index contributed by atoms with van der Waals surface area (Å²) in [7, 11) is -2.17. The molecule has 0 fully saturated rings. The Balaban J connectivity index is 1.86. The minimum Gasteiger partial charge on any atom is -0.494 e. The lowest BCUT2D eigenvalue weighted by Crippen LogP contribution is -2.27. The van der Waals surface area contributed by atoms with E-state index in [-0.39, 0.29) is 17.3 Å². The van der Waals surface area contributed by atoms with Crippen molar-refractivity contribution in [2.24, 2.45) is 0 Å². The molecule has 0 radical (unpaired) electrons. The van der Waals surface area contributed by atoms with E-state index in [1.165, 1.54) is 11.4 Å². The molecule has 1 amide bonds. The highest BCUT2D eigenvalue weighted by atomic mass is 32.2. The number of hydrogen-bond donors (Lipinski definition) is 1. The third kappa shape index (κ3) is 5.70. The molecule has 168 valence electrons. The molecule has 0 aliphatic rings. The Morgan fingerprint density at radius 2 is 1.78 bits per heavy atom. The Kier molecular flexibility index (Phi) is 7.95. The normalized spacial score (nSPS) is 11.4. The van der Waals surface area contributed by atoms with Gasteiger partial charge in [-0.25, -0.2) is 8.42 Å². The second-order valence-electron chi connectivity index (χ2n) is 7.02. The molecule has 0 aromatic heterocycles. The first kappa shape index (κ1) is 23.8. The summed E-state index contributed by atoms with van der Waals surface area (Å²) in [6, 6.07) is 20.9. The minimum atomic E-state index is -3.68. The molecule has 0 aliphatic heterocycles. The first-order valence-electron chi connectivity index (χ1n) is 10.1. The lowest BCUT2D eigenvalue weighted by atomic mass is 10.1. The van der Waals surface area contributed by atoms with Crippen LogP contribution in [-0.2, 0) is 16.6 Å². The molecule has 0 bridgehead atoms. The van der Waals surface area contributed by atoms with Gasteiger partial charge < -0.3 is 10.1 Å². The van der Waals surface area contributed by atoms with Crippen LogP contribution in [0.5, 0.6) is 5.75 Å². The molecule has 3 aromatic rings. The third-order valence-electron chi connectivity index (χ3n) is 4.79. The lowest BCUT2D eigenvalue weighted by Gasteiger charge is -2.20. The smallest absolute Gasteiger partial charge is 0.255 e. The van der Waals surface area contributed by atoms with E-state index in [0.717, 1.165) is 4.90 Å². The Morgan fingerprint density at radius 3 is 2.47 bits per heavy atom. The Morgan fingerprint density at radius 1 is 1.03 bits per heavy atom. The fourth-order valence-electron chi connectivity index (χ4n) is 3.14. The number of carbonyl (C=O) groups is 1. The van der Waals surface area contributed by atoms with Crippen LogP contribution in [0.15, 0.2) is 82.6 Å². The van der Waals surface area contributed by atoms with E-state index >= 15 is 0 Å². The fourth-order valence-corrected chi connectivity index (χ4v) is 4.77. The Hall–Kier alpha value is -2.81. The number of sulfonamides is 1. The predicted molar refractivity (Wildman–Crippen MR) is 129 cm³/mol. The summed E-state index contributed by atoms with van der Waals surface area (Å²) in [4.78, 5) is 14.1. The van der Waals surface area contributed by atoms with Crippen molar-refractivity contribution in [2.75, 3.05) is 25.2 Å². The van der Waals surface area contributed by atoms with Gasteiger partial charge in [0, 0.05) is 35.3 Å². The summed E-state index contributed by atoms with van der Waals surface area (Å²) >= 11 is 1.59. The maximum Gasteiger partial charge on any atom is 0.255 e. The molecule has 0 atom stereocenters. The van der Waals surface area contributed by atoms with E-state index in [9.17, 15) is 13.2 Å². The van der Waals surface area contributed by atoms with E-state index < -0.39 is 10.0 Å². The number of anilines is 1. The summed E-state index contributed by atoms with van der Waals surface area (Å²) < 4.78 is 32.8. The van der Waals surface area contributed by atoms with Gasteiger partial charge in [-0.05, 0) is 61.7 Å². The SMILES string of the molecule is CCOc1ccc(C(=O)Nc2cccc(SC)c2)cc1CN(C)S(=O)(=O)c1ccccc1. The van der Waals surface area contributed by atoms with Crippen LogP contribution >= 0.6 is 11.8 Å². The molecular formula is C24H26N2O4S2. The summed E-state index contributed by atoms with van der Waals surface area (Å²) in [5.74, 6) is 0.268. The van der Waals surface area contributed by atoms with Crippen molar-refractivity contribution in [1.29, 1.82) is 0 Å². The van der Waals surface area contributed by atoms with Crippen LogP contribution in [0.2, 0.25) is 0 Å². The number of nitrogens with zero attached hydrogens (tertiary/aromatic N) is 1. The molecule has 1 N–H and O–H groups in total. The average Bonchev–Trinajstić information content (AvgIpc) is 2.80. The van der Waals surface area contributed by atoms with Crippen molar-refractivity contribution in [3.05, 3.63) is 83.9 Å². The average molecular weight is 471 g/mol. The number of hydrogen-bond acceptors (Lipinski definition) is 5. The Labute approximate surface area is 193 Å². The maximum absolute atomic E-state index is 12.9. The summed E-state index contributed by atoms with van der Waals surface area (Å²) in [5, 5.41) is 2.90. The van der Waals surface area contributed by atoms with E-state index in [2.05, 4.69) is 5.32 Å². The molecule has 32 heavy (non-hydrogen) atoms. The summed E-state index contributed by atoms with van der Waals surface area (Å²) in [6.45, 7) is 2.35. The first-order valence-corrected chi connectivity index (χ1v) is 12.7. The molecule has 0 heterocycles. The van der Waals surface area contributed by atoms with Crippen molar-refractivity contribution in [1.82, 2.24) is 4.31 Å². The molecular weight excluding hydrogens is 444 g/mol. The molecule has 3 rings (SSSR count). The first-order chi connectivity index (χ1) is 15.3. The largest absolute Gasteiger partial charge is 0.494 e. The number of ether oxygens (including phenoxy) is 1. The number of thioether (sulfide) groups is 1. The van der Waals surface area contributed by atoms with E-state index in [0.29, 0.717) is 29.2 Å². The van der Waals surface area contributed by atoms with Gasteiger partial charge >= 0.3 is 0 Å². The zero-order valence-electron chi connectivity index (χ0n) is 18.2. The number of nitrogens with one attached hydrogen (secondary N) is 1. The fraction of sp³-hybridized carbons (Fsp3) is 0.208. The zero-order valence-corrected chi connectivity index (χ0v) is 19.9. The second-order valence-corrected chi connectivity index (χ2v) is 9.94. The van der Waals surface area contributed by atoms with E-state index in [1.54, 1.807) is 60.3 Å². The molecule has 0 spiro atoms. The number of carbonyl (C=O) groups excluding carboxylic acids is 1. The summed E-state index contributed by atoms with van der Waals surface area (Å²) in [5.41, 5.74) is 1.73. The van der Waals surface area contributed by atoms with Gasteiger partial charge in [0.25, 0.3) is 5.91 Å². The standard InChI is InChI=1S/C24H26N2O4S2/c1-4-30-23-14-13-18(24(27)25-20-9-8-10-21(16-20)31-3)15-19(23)17-26(2)32(28,29)22-11-6-5-7-12-22/h5-16H,4,17H2,1-3H3,(H,25,27). The van der Waals surface area contributed by atoms with Crippen molar-refractivity contribution in [3.8, 4) is 5.75 Å².